The van der Waals surface area contributed by atoms with Gasteiger partial charge in [0.25, 0.3) is 5.91 Å². The topological polar surface area (TPSA) is 62.6 Å². The fourth-order valence-corrected chi connectivity index (χ4v) is 5.26. The molecule has 3 aliphatic rings. The number of likely N-dealkylation sites (tertiary alicyclic amines) is 1. The first-order chi connectivity index (χ1) is 12.1. The molecule has 1 saturated heterocycles. The Morgan fingerprint density at radius 1 is 1.20 bits per heavy atom. The molecule has 1 N–H and O–H groups in total. The first-order valence-electron chi connectivity index (χ1n) is 9.75. The lowest BCUT2D eigenvalue weighted by Crippen LogP contribution is -2.47. The molecule has 0 aromatic carbocycles. The zero-order valence-electron chi connectivity index (χ0n) is 14.9. The first kappa shape index (κ1) is 16.7. The molecule has 25 heavy (non-hydrogen) atoms. The van der Waals surface area contributed by atoms with Crippen molar-refractivity contribution < 1.29 is 14.0 Å². The van der Waals surface area contributed by atoms with Crippen molar-refractivity contribution in [2.45, 2.75) is 51.5 Å². The molecule has 1 aromatic heterocycles. The number of rotatable bonds is 4. The van der Waals surface area contributed by atoms with Crippen LogP contribution in [0, 0.1) is 23.7 Å². The maximum Gasteiger partial charge on any atom is 0.289 e. The number of nitrogens with zero attached hydrogens (tertiary/aromatic N) is 1. The van der Waals surface area contributed by atoms with E-state index in [1.54, 1.807) is 17.0 Å². The quantitative estimate of drug-likeness (QED) is 0.913. The number of piperidine rings is 1. The molecule has 136 valence electrons. The second kappa shape index (κ2) is 6.85. The highest BCUT2D eigenvalue weighted by atomic mass is 16.3. The highest BCUT2D eigenvalue weighted by molar-refractivity contribution is 5.91. The van der Waals surface area contributed by atoms with Crippen LogP contribution in [0.5, 0.6) is 0 Å². The molecule has 2 bridgehead atoms. The molecule has 0 unspecified atom stereocenters. The van der Waals surface area contributed by atoms with Crippen molar-refractivity contribution in [2.75, 3.05) is 13.1 Å². The van der Waals surface area contributed by atoms with E-state index in [1.807, 2.05) is 0 Å². The van der Waals surface area contributed by atoms with Crippen LogP contribution in [-0.4, -0.2) is 35.8 Å². The summed E-state index contributed by atoms with van der Waals surface area (Å²) < 4.78 is 5.19. The summed E-state index contributed by atoms with van der Waals surface area (Å²) in [6.07, 6.45) is 8.40. The highest BCUT2D eigenvalue weighted by Gasteiger charge is 2.42. The summed E-state index contributed by atoms with van der Waals surface area (Å²) in [7, 11) is 0. The fourth-order valence-electron chi connectivity index (χ4n) is 5.26. The van der Waals surface area contributed by atoms with Crippen LogP contribution < -0.4 is 5.32 Å². The standard InChI is InChI=1S/C20H28N2O3/c1-13(17-12-14-4-5-16(17)11-14)21-19(23)15-6-8-22(9-7-15)20(24)18-3-2-10-25-18/h2-3,10,13-17H,4-9,11-12H2,1H3,(H,21,23)/t13-,14-,16-,17+/m0/s1. The Bertz CT molecular complexity index is 619. The number of carbonyl (C=O) groups is 2. The Balaban J connectivity index is 1.26. The molecule has 5 heteroatoms. The zero-order valence-corrected chi connectivity index (χ0v) is 14.9. The second-order valence-electron chi connectivity index (χ2n) is 8.18. The monoisotopic (exact) mass is 344 g/mol. The van der Waals surface area contributed by atoms with Crippen molar-refractivity contribution in [1.29, 1.82) is 0 Å². The Morgan fingerprint density at radius 2 is 2.00 bits per heavy atom. The number of fused-ring (bicyclic) bond motifs is 2. The van der Waals surface area contributed by atoms with Gasteiger partial charge in [0.15, 0.2) is 5.76 Å². The van der Waals surface area contributed by atoms with E-state index in [2.05, 4.69) is 12.2 Å². The van der Waals surface area contributed by atoms with Crippen molar-refractivity contribution in [3.63, 3.8) is 0 Å². The zero-order chi connectivity index (χ0) is 17.4. The van der Waals surface area contributed by atoms with E-state index in [0.29, 0.717) is 24.8 Å². The van der Waals surface area contributed by atoms with Gasteiger partial charge in [-0.2, -0.15) is 0 Å². The average Bonchev–Trinajstić information content (AvgIpc) is 3.38. The number of carbonyl (C=O) groups excluding carboxylic acids is 2. The Kier molecular flexibility index (Phi) is 4.57. The van der Waals surface area contributed by atoms with Crippen LogP contribution in [0.25, 0.3) is 0 Å². The molecule has 0 radical (unpaired) electrons. The summed E-state index contributed by atoms with van der Waals surface area (Å²) in [6, 6.07) is 3.70. The smallest absolute Gasteiger partial charge is 0.289 e. The molecule has 1 aromatic rings. The van der Waals surface area contributed by atoms with E-state index < -0.39 is 0 Å². The summed E-state index contributed by atoms with van der Waals surface area (Å²) in [6.45, 7) is 3.43. The lowest BCUT2D eigenvalue weighted by Gasteiger charge is -2.33. The molecule has 4 atom stereocenters. The van der Waals surface area contributed by atoms with Crippen molar-refractivity contribution in [3.8, 4) is 0 Å². The normalized spacial score (nSPS) is 30.4. The number of hydrogen-bond donors (Lipinski definition) is 1. The average molecular weight is 344 g/mol. The SMILES string of the molecule is C[C@H](NC(=O)C1CCN(C(=O)c2ccco2)CC1)[C@H]1C[C@H]2CC[C@H]1C2. The van der Waals surface area contributed by atoms with E-state index in [4.69, 9.17) is 4.42 Å². The van der Waals surface area contributed by atoms with Crippen LogP contribution in [0.2, 0.25) is 0 Å². The summed E-state index contributed by atoms with van der Waals surface area (Å²) in [5, 5.41) is 3.29. The van der Waals surface area contributed by atoms with E-state index in [1.165, 1.54) is 31.9 Å². The van der Waals surface area contributed by atoms with Gasteiger partial charge in [-0.15, -0.1) is 0 Å². The maximum atomic E-state index is 12.6. The second-order valence-corrected chi connectivity index (χ2v) is 8.18. The van der Waals surface area contributed by atoms with Crippen LogP contribution in [-0.2, 0) is 4.79 Å². The van der Waals surface area contributed by atoms with E-state index >= 15 is 0 Å². The van der Waals surface area contributed by atoms with Gasteiger partial charge in [0.05, 0.1) is 6.26 Å². The van der Waals surface area contributed by atoms with E-state index in [0.717, 1.165) is 24.7 Å². The van der Waals surface area contributed by atoms with Gasteiger partial charge < -0.3 is 14.6 Å². The molecule has 1 aliphatic heterocycles. The van der Waals surface area contributed by atoms with Gasteiger partial charge in [0.1, 0.15) is 0 Å². The van der Waals surface area contributed by atoms with Crippen LogP contribution in [0.15, 0.2) is 22.8 Å². The van der Waals surface area contributed by atoms with Crippen LogP contribution >= 0.6 is 0 Å². The van der Waals surface area contributed by atoms with E-state index in [9.17, 15) is 9.59 Å². The molecule has 2 aliphatic carbocycles. The Morgan fingerprint density at radius 3 is 2.60 bits per heavy atom. The number of amides is 2. The molecule has 2 saturated carbocycles. The largest absolute Gasteiger partial charge is 0.459 e. The fraction of sp³-hybridized carbons (Fsp3) is 0.700. The third kappa shape index (κ3) is 3.33. The molecular formula is C20H28N2O3. The molecule has 2 heterocycles. The molecule has 0 spiro atoms. The number of furan rings is 1. The Labute approximate surface area is 149 Å². The highest BCUT2D eigenvalue weighted by Crippen LogP contribution is 2.49. The van der Waals surface area contributed by atoms with E-state index in [-0.39, 0.29) is 23.8 Å². The van der Waals surface area contributed by atoms with Gasteiger partial charge in [0.2, 0.25) is 5.91 Å². The minimum absolute atomic E-state index is 0.0293. The molecule has 5 nitrogen and oxygen atoms in total. The molecule has 2 amide bonds. The third-order valence-electron chi connectivity index (χ3n) is 6.69. The van der Waals surface area contributed by atoms with Gasteiger partial charge in [-0.05, 0) is 68.9 Å². The van der Waals surface area contributed by atoms with Crippen molar-refractivity contribution in [1.82, 2.24) is 10.2 Å². The van der Waals surface area contributed by atoms with Crippen molar-refractivity contribution in [2.24, 2.45) is 23.7 Å². The number of hydrogen-bond acceptors (Lipinski definition) is 3. The maximum absolute atomic E-state index is 12.6. The first-order valence-corrected chi connectivity index (χ1v) is 9.75. The minimum Gasteiger partial charge on any atom is -0.459 e. The van der Waals surface area contributed by atoms with Gasteiger partial charge in [0, 0.05) is 25.0 Å². The lowest BCUT2D eigenvalue weighted by atomic mass is 9.83. The summed E-state index contributed by atoms with van der Waals surface area (Å²) >= 11 is 0. The lowest BCUT2D eigenvalue weighted by molar-refractivity contribution is -0.127. The van der Waals surface area contributed by atoms with Gasteiger partial charge >= 0.3 is 0 Å². The van der Waals surface area contributed by atoms with Crippen molar-refractivity contribution >= 4 is 11.8 Å². The summed E-state index contributed by atoms with van der Waals surface area (Å²) in [4.78, 5) is 26.7. The predicted molar refractivity (Wildman–Crippen MR) is 93.9 cm³/mol. The molecule has 4 rings (SSSR count). The van der Waals surface area contributed by atoms with Gasteiger partial charge in [-0.1, -0.05) is 6.42 Å². The predicted octanol–water partition coefficient (Wildman–Crippen LogP) is 3.07. The van der Waals surface area contributed by atoms with Crippen molar-refractivity contribution in [3.05, 3.63) is 24.2 Å². The Hall–Kier alpha value is -1.78. The third-order valence-corrected chi connectivity index (χ3v) is 6.69. The van der Waals surface area contributed by atoms with Gasteiger partial charge in [-0.3, -0.25) is 9.59 Å². The van der Waals surface area contributed by atoms with Crippen LogP contribution in [0.4, 0.5) is 0 Å². The molecule has 3 fully saturated rings. The molecular weight excluding hydrogens is 316 g/mol. The van der Waals surface area contributed by atoms with Crippen LogP contribution in [0.1, 0.15) is 56.0 Å². The van der Waals surface area contributed by atoms with Crippen LogP contribution in [0.3, 0.4) is 0 Å². The number of nitrogens with one attached hydrogen (secondary N) is 1. The minimum atomic E-state index is -0.0702. The van der Waals surface area contributed by atoms with Gasteiger partial charge in [-0.25, -0.2) is 0 Å². The summed E-state index contributed by atoms with van der Waals surface area (Å²) in [5.74, 6) is 2.93. The summed E-state index contributed by atoms with van der Waals surface area (Å²) in [5.41, 5.74) is 0.